The van der Waals surface area contributed by atoms with Gasteiger partial charge in [0.25, 0.3) is 5.56 Å². The third-order valence-corrected chi connectivity index (χ3v) is 2.36. The number of fused-ring (bicyclic) bond motifs is 1. The van der Waals surface area contributed by atoms with E-state index in [1.54, 1.807) is 0 Å². The molecule has 0 saturated carbocycles. The number of hydrogen-bond donors (Lipinski definition) is 2. The normalized spacial score (nSPS) is 14.3. The molecule has 2 rings (SSSR count). The first-order valence-corrected chi connectivity index (χ1v) is 4.22. The van der Waals surface area contributed by atoms with Crippen LogP contribution >= 0.6 is 15.9 Å². The molecule has 2 heterocycles. The first kappa shape index (κ1) is 6.91. The van der Waals surface area contributed by atoms with Gasteiger partial charge in [-0.15, -0.1) is 0 Å². The average Bonchev–Trinajstić information content (AvgIpc) is 2.36. The molecule has 11 heavy (non-hydrogen) atoms. The number of pyridine rings is 1. The number of H-pyrrole nitrogens is 1. The summed E-state index contributed by atoms with van der Waals surface area (Å²) < 4.78 is 0.611. The Kier molecular flexibility index (Phi) is 1.49. The van der Waals surface area contributed by atoms with Crippen molar-refractivity contribution >= 4 is 21.7 Å². The lowest BCUT2D eigenvalue weighted by Crippen LogP contribution is -2.08. The molecule has 0 atom stereocenters. The fraction of sp³-hybridized carbons (Fsp3) is 0.286. The van der Waals surface area contributed by atoms with Gasteiger partial charge in [0, 0.05) is 6.54 Å². The van der Waals surface area contributed by atoms with Crippen LogP contribution in [-0.2, 0) is 6.42 Å². The van der Waals surface area contributed by atoms with Crippen LogP contribution in [0.5, 0.6) is 0 Å². The second-order valence-electron chi connectivity index (χ2n) is 2.52. The van der Waals surface area contributed by atoms with Crippen molar-refractivity contribution in [3.8, 4) is 0 Å². The maximum Gasteiger partial charge on any atom is 0.263 e. The molecule has 0 amide bonds. The minimum atomic E-state index is -0.0712. The van der Waals surface area contributed by atoms with Gasteiger partial charge in [-0.1, -0.05) is 0 Å². The highest BCUT2D eigenvalue weighted by atomic mass is 79.9. The van der Waals surface area contributed by atoms with Gasteiger partial charge >= 0.3 is 0 Å². The maximum atomic E-state index is 11.0. The van der Waals surface area contributed by atoms with Crippen LogP contribution in [0.1, 0.15) is 5.56 Å². The highest BCUT2D eigenvalue weighted by Crippen LogP contribution is 2.19. The molecule has 0 spiro atoms. The van der Waals surface area contributed by atoms with Crippen LogP contribution < -0.4 is 10.9 Å². The van der Waals surface area contributed by atoms with E-state index in [-0.39, 0.29) is 5.56 Å². The number of anilines is 1. The topological polar surface area (TPSA) is 44.9 Å². The second kappa shape index (κ2) is 2.37. The highest BCUT2D eigenvalue weighted by Gasteiger charge is 2.11. The van der Waals surface area contributed by atoms with Gasteiger partial charge < -0.3 is 10.3 Å². The first-order chi connectivity index (χ1) is 5.27. The number of rotatable bonds is 0. The molecule has 1 aliphatic heterocycles. The Morgan fingerprint density at radius 3 is 3.18 bits per heavy atom. The lowest BCUT2D eigenvalue weighted by molar-refractivity contribution is 1.10. The minimum Gasteiger partial charge on any atom is -0.371 e. The van der Waals surface area contributed by atoms with Crippen LogP contribution in [0.15, 0.2) is 15.3 Å². The lowest BCUT2D eigenvalue weighted by atomic mass is 10.2. The summed E-state index contributed by atoms with van der Waals surface area (Å²) in [7, 11) is 0. The SMILES string of the molecule is O=c1[nH]c2c(cc1Br)CCN2. The molecule has 0 bridgehead atoms. The molecule has 1 aromatic rings. The molecule has 1 aromatic heterocycles. The second-order valence-corrected chi connectivity index (χ2v) is 3.38. The Bertz CT molecular complexity index is 345. The molecule has 0 fully saturated rings. The van der Waals surface area contributed by atoms with Crippen molar-refractivity contribution in [2.45, 2.75) is 6.42 Å². The molecule has 58 valence electrons. The van der Waals surface area contributed by atoms with Crippen LogP contribution in [0.2, 0.25) is 0 Å². The zero-order valence-electron chi connectivity index (χ0n) is 5.78. The summed E-state index contributed by atoms with van der Waals surface area (Å²) in [5.41, 5.74) is 1.11. The van der Waals surface area contributed by atoms with Crippen molar-refractivity contribution in [2.75, 3.05) is 11.9 Å². The molecule has 0 radical (unpaired) electrons. The molecule has 0 aliphatic carbocycles. The van der Waals surface area contributed by atoms with Gasteiger partial charge in [-0.05, 0) is 34.0 Å². The predicted molar refractivity (Wildman–Crippen MR) is 47.0 cm³/mol. The average molecular weight is 215 g/mol. The lowest BCUT2D eigenvalue weighted by Gasteiger charge is -1.97. The smallest absolute Gasteiger partial charge is 0.263 e. The molecule has 1 aliphatic rings. The van der Waals surface area contributed by atoms with Gasteiger partial charge in [-0.25, -0.2) is 0 Å². The summed E-state index contributed by atoms with van der Waals surface area (Å²) in [5.74, 6) is 0.873. The number of hydrogen-bond acceptors (Lipinski definition) is 2. The molecule has 0 aromatic carbocycles. The Morgan fingerprint density at radius 1 is 1.55 bits per heavy atom. The van der Waals surface area contributed by atoms with Crippen molar-refractivity contribution in [1.29, 1.82) is 0 Å². The monoisotopic (exact) mass is 214 g/mol. The van der Waals surface area contributed by atoms with Crippen LogP contribution in [0.3, 0.4) is 0 Å². The molecule has 4 heteroatoms. The summed E-state index contributed by atoms with van der Waals surface area (Å²) >= 11 is 3.18. The molecule has 0 unspecified atom stereocenters. The molecular formula is C7H7BrN2O. The Balaban J connectivity index is 2.66. The standard InChI is InChI=1S/C7H7BrN2O/c8-5-3-4-1-2-9-6(4)10-7(5)11/h3H,1-2H2,(H2,9,10,11). The number of aromatic amines is 1. The number of nitrogens with one attached hydrogen (secondary N) is 2. The Hall–Kier alpha value is -0.770. The van der Waals surface area contributed by atoms with Crippen molar-refractivity contribution in [2.24, 2.45) is 0 Å². The van der Waals surface area contributed by atoms with Crippen LogP contribution in [0.25, 0.3) is 0 Å². The van der Waals surface area contributed by atoms with E-state index in [0.717, 1.165) is 18.8 Å². The van der Waals surface area contributed by atoms with Gasteiger partial charge in [0.15, 0.2) is 0 Å². The van der Waals surface area contributed by atoms with E-state index in [4.69, 9.17) is 0 Å². The largest absolute Gasteiger partial charge is 0.371 e. The molecule has 3 nitrogen and oxygen atoms in total. The summed E-state index contributed by atoms with van der Waals surface area (Å²) in [6.45, 7) is 0.918. The van der Waals surface area contributed by atoms with Crippen LogP contribution in [-0.4, -0.2) is 11.5 Å². The van der Waals surface area contributed by atoms with E-state index in [1.165, 1.54) is 5.56 Å². The van der Waals surface area contributed by atoms with E-state index in [2.05, 4.69) is 26.2 Å². The molecule has 0 saturated heterocycles. The zero-order valence-corrected chi connectivity index (χ0v) is 7.36. The third kappa shape index (κ3) is 1.07. The predicted octanol–water partition coefficient (Wildman–Crippen LogP) is 1.11. The fourth-order valence-electron chi connectivity index (χ4n) is 1.22. The van der Waals surface area contributed by atoms with Gasteiger partial charge in [-0.2, -0.15) is 0 Å². The Morgan fingerprint density at radius 2 is 2.36 bits per heavy atom. The van der Waals surface area contributed by atoms with E-state index < -0.39 is 0 Å². The maximum absolute atomic E-state index is 11.0. The number of halogens is 1. The first-order valence-electron chi connectivity index (χ1n) is 3.43. The Labute approximate surface area is 72.0 Å². The van der Waals surface area contributed by atoms with Gasteiger partial charge in [0.1, 0.15) is 5.82 Å². The van der Waals surface area contributed by atoms with Gasteiger partial charge in [0.2, 0.25) is 0 Å². The van der Waals surface area contributed by atoms with Crippen molar-refractivity contribution in [1.82, 2.24) is 4.98 Å². The van der Waals surface area contributed by atoms with Crippen molar-refractivity contribution in [3.63, 3.8) is 0 Å². The highest BCUT2D eigenvalue weighted by molar-refractivity contribution is 9.10. The van der Waals surface area contributed by atoms with E-state index in [0.29, 0.717) is 4.47 Å². The quantitative estimate of drug-likeness (QED) is 0.680. The summed E-state index contributed by atoms with van der Waals surface area (Å²) in [6, 6.07) is 1.87. The zero-order chi connectivity index (χ0) is 7.84. The fourth-order valence-corrected chi connectivity index (χ4v) is 1.60. The van der Waals surface area contributed by atoms with E-state index >= 15 is 0 Å². The minimum absolute atomic E-state index is 0.0712. The summed E-state index contributed by atoms with van der Waals surface area (Å²) in [4.78, 5) is 13.8. The van der Waals surface area contributed by atoms with Crippen molar-refractivity contribution in [3.05, 3.63) is 26.5 Å². The molecule has 2 N–H and O–H groups in total. The third-order valence-electron chi connectivity index (χ3n) is 1.77. The van der Waals surface area contributed by atoms with Crippen molar-refractivity contribution < 1.29 is 0 Å². The van der Waals surface area contributed by atoms with E-state index in [1.807, 2.05) is 6.07 Å². The van der Waals surface area contributed by atoms with E-state index in [9.17, 15) is 4.79 Å². The van der Waals surface area contributed by atoms with Crippen LogP contribution in [0.4, 0.5) is 5.82 Å². The number of aromatic nitrogens is 1. The van der Waals surface area contributed by atoms with Gasteiger partial charge in [0.05, 0.1) is 4.47 Å². The molecular weight excluding hydrogens is 208 g/mol. The van der Waals surface area contributed by atoms with Crippen LogP contribution in [0, 0.1) is 0 Å². The van der Waals surface area contributed by atoms with Gasteiger partial charge in [-0.3, -0.25) is 4.79 Å². The summed E-state index contributed by atoms with van der Waals surface area (Å²) in [5, 5.41) is 3.09. The summed E-state index contributed by atoms with van der Waals surface area (Å²) in [6.07, 6.45) is 0.991.